The molecule has 2 nitrogen and oxygen atoms in total. The normalized spacial score (nSPS) is 24.8. The predicted molar refractivity (Wildman–Crippen MR) is 55.9 cm³/mol. The van der Waals surface area contributed by atoms with Crippen LogP contribution in [-0.4, -0.2) is 28.7 Å². The fourth-order valence-corrected chi connectivity index (χ4v) is 2.20. The third-order valence-electron chi connectivity index (χ3n) is 2.94. The van der Waals surface area contributed by atoms with Crippen LogP contribution in [0.25, 0.3) is 0 Å². The van der Waals surface area contributed by atoms with E-state index in [1.807, 2.05) is 4.90 Å². The van der Waals surface area contributed by atoms with Gasteiger partial charge in [-0.25, -0.2) is 0 Å². The monoisotopic (exact) mass is 245 g/mol. The van der Waals surface area contributed by atoms with Gasteiger partial charge in [-0.05, 0) is 31.6 Å². The van der Waals surface area contributed by atoms with Gasteiger partial charge < -0.3 is 4.90 Å². The zero-order valence-electron chi connectivity index (χ0n) is 7.84. The van der Waals surface area contributed by atoms with Crippen LogP contribution in [0, 0.1) is 5.92 Å². The van der Waals surface area contributed by atoms with E-state index < -0.39 is 0 Å². The van der Waals surface area contributed by atoms with Crippen molar-refractivity contribution >= 4 is 21.8 Å². The van der Waals surface area contributed by atoms with E-state index in [0.29, 0.717) is 10.7 Å². The van der Waals surface area contributed by atoms with Crippen molar-refractivity contribution in [1.29, 1.82) is 0 Å². The van der Waals surface area contributed by atoms with Gasteiger partial charge in [0.1, 0.15) is 0 Å². The Labute approximate surface area is 87.8 Å². The summed E-state index contributed by atoms with van der Waals surface area (Å²) in [6, 6.07) is 0. The van der Waals surface area contributed by atoms with E-state index in [1.165, 1.54) is 12.8 Å². The summed E-state index contributed by atoms with van der Waals surface area (Å²) in [5.41, 5.74) is 0. The Kier molecular flexibility index (Phi) is 2.92. The minimum Gasteiger partial charge on any atom is -0.343 e. The minimum absolute atomic E-state index is 0.391. The number of nitrogens with zero attached hydrogens (tertiary/aromatic N) is 1. The Morgan fingerprint density at radius 2 is 1.85 bits per heavy atom. The van der Waals surface area contributed by atoms with Crippen LogP contribution >= 0.6 is 15.9 Å². The fraction of sp³-hybridized carbons (Fsp3) is 0.900. The molecule has 2 rings (SSSR count). The highest BCUT2D eigenvalue weighted by atomic mass is 79.9. The standard InChI is InChI=1S/C10H16BrNO/c11-9-3-5-12(6-4-9)10(13)7-8-1-2-8/h8-9H,1-7H2. The number of carbonyl (C=O) groups is 1. The molecule has 0 spiro atoms. The van der Waals surface area contributed by atoms with Gasteiger partial charge in [0.25, 0.3) is 0 Å². The predicted octanol–water partition coefficient (Wildman–Crippen LogP) is 2.17. The number of hydrogen-bond donors (Lipinski definition) is 0. The lowest BCUT2D eigenvalue weighted by molar-refractivity contribution is -0.132. The summed E-state index contributed by atoms with van der Waals surface area (Å²) in [6.07, 6.45) is 5.61. The first-order chi connectivity index (χ1) is 6.25. The average Bonchev–Trinajstić information content (AvgIpc) is 2.89. The molecule has 0 aromatic carbocycles. The van der Waals surface area contributed by atoms with Gasteiger partial charge in [-0.1, -0.05) is 15.9 Å². The number of piperidine rings is 1. The molecule has 2 aliphatic rings. The Hall–Kier alpha value is -0.0500. The molecule has 2 fully saturated rings. The van der Waals surface area contributed by atoms with Gasteiger partial charge in [-0.15, -0.1) is 0 Å². The van der Waals surface area contributed by atoms with Crippen molar-refractivity contribution in [2.75, 3.05) is 13.1 Å². The largest absolute Gasteiger partial charge is 0.343 e. The molecule has 3 heteroatoms. The molecule has 1 amide bonds. The van der Waals surface area contributed by atoms with Crippen molar-refractivity contribution in [2.45, 2.75) is 36.9 Å². The lowest BCUT2D eigenvalue weighted by atomic mass is 10.1. The Bertz CT molecular complexity index is 195. The lowest BCUT2D eigenvalue weighted by Crippen LogP contribution is -2.38. The zero-order valence-corrected chi connectivity index (χ0v) is 9.42. The van der Waals surface area contributed by atoms with Gasteiger partial charge in [0.2, 0.25) is 5.91 Å². The molecule has 0 unspecified atom stereocenters. The average molecular weight is 246 g/mol. The quantitative estimate of drug-likeness (QED) is 0.684. The van der Waals surface area contributed by atoms with Gasteiger partial charge in [0.15, 0.2) is 0 Å². The van der Waals surface area contributed by atoms with Crippen LogP contribution in [0.3, 0.4) is 0 Å². The molecule has 1 heterocycles. The maximum Gasteiger partial charge on any atom is 0.222 e. The van der Waals surface area contributed by atoms with E-state index in [4.69, 9.17) is 0 Å². The highest BCUT2D eigenvalue weighted by Gasteiger charge is 2.28. The summed E-state index contributed by atoms with van der Waals surface area (Å²) in [5.74, 6) is 1.12. The molecule has 0 bridgehead atoms. The Morgan fingerprint density at radius 1 is 1.23 bits per heavy atom. The van der Waals surface area contributed by atoms with Crippen LogP contribution in [0.2, 0.25) is 0 Å². The number of carbonyl (C=O) groups excluding carboxylic acids is 1. The molecule has 1 aliphatic carbocycles. The van der Waals surface area contributed by atoms with Crippen molar-refractivity contribution in [2.24, 2.45) is 5.92 Å². The maximum absolute atomic E-state index is 11.7. The van der Waals surface area contributed by atoms with Crippen LogP contribution in [-0.2, 0) is 4.79 Å². The van der Waals surface area contributed by atoms with Gasteiger partial charge in [0.05, 0.1) is 0 Å². The highest BCUT2D eigenvalue weighted by molar-refractivity contribution is 9.09. The SMILES string of the molecule is O=C(CC1CC1)N1CCC(Br)CC1. The first-order valence-corrected chi connectivity index (χ1v) is 6.09. The molecule has 1 saturated heterocycles. The molecule has 0 atom stereocenters. The molecule has 13 heavy (non-hydrogen) atoms. The number of alkyl halides is 1. The van der Waals surface area contributed by atoms with Gasteiger partial charge in [-0.3, -0.25) is 4.79 Å². The third kappa shape index (κ3) is 2.70. The van der Waals surface area contributed by atoms with Crippen molar-refractivity contribution in [3.8, 4) is 0 Å². The molecule has 1 saturated carbocycles. The van der Waals surface area contributed by atoms with Crippen molar-refractivity contribution < 1.29 is 4.79 Å². The Morgan fingerprint density at radius 3 is 2.38 bits per heavy atom. The summed E-state index contributed by atoms with van der Waals surface area (Å²) in [4.78, 5) is 14.3. The van der Waals surface area contributed by atoms with Gasteiger partial charge >= 0.3 is 0 Å². The van der Waals surface area contributed by atoms with E-state index in [1.54, 1.807) is 0 Å². The van der Waals surface area contributed by atoms with E-state index in [2.05, 4.69) is 15.9 Å². The summed E-state index contributed by atoms with van der Waals surface area (Å²) < 4.78 is 0. The molecular formula is C10H16BrNO. The molecule has 0 aromatic heterocycles. The van der Waals surface area contributed by atoms with Gasteiger partial charge in [0, 0.05) is 24.3 Å². The van der Waals surface area contributed by atoms with Crippen molar-refractivity contribution in [1.82, 2.24) is 4.90 Å². The molecule has 1 aliphatic heterocycles. The van der Waals surface area contributed by atoms with Crippen LogP contribution < -0.4 is 0 Å². The van der Waals surface area contributed by atoms with Gasteiger partial charge in [-0.2, -0.15) is 0 Å². The second kappa shape index (κ2) is 3.99. The molecule has 0 aromatic rings. The van der Waals surface area contributed by atoms with Crippen LogP contribution in [0.1, 0.15) is 32.1 Å². The topological polar surface area (TPSA) is 20.3 Å². The fourth-order valence-electron chi connectivity index (χ4n) is 1.80. The summed E-state index contributed by atoms with van der Waals surface area (Å²) >= 11 is 3.59. The third-order valence-corrected chi connectivity index (χ3v) is 3.85. The van der Waals surface area contributed by atoms with Crippen molar-refractivity contribution in [3.63, 3.8) is 0 Å². The van der Waals surface area contributed by atoms with E-state index in [0.717, 1.165) is 38.3 Å². The van der Waals surface area contributed by atoms with Crippen molar-refractivity contribution in [3.05, 3.63) is 0 Å². The van der Waals surface area contributed by atoms with Crippen LogP contribution in [0.4, 0.5) is 0 Å². The summed E-state index contributed by atoms with van der Waals surface area (Å²) in [6.45, 7) is 1.92. The number of halogens is 1. The molecular weight excluding hydrogens is 230 g/mol. The Balaban J connectivity index is 1.75. The molecule has 0 radical (unpaired) electrons. The van der Waals surface area contributed by atoms with Crippen LogP contribution in [0.15, 0.2) is 0 Å². The van der Waals surface area contributed by atoms with Crippen LogP contribution in [0.5, 0.6) is 0 Å². The lowest BCUT2D eigenvalue weighted by Gasteiger charge is -2.29. The number of likely N-dealkylation sites (tertiary alicyclic amines) is 1. The van der Waals surface area contributed by atoms with E-state index >= 15 is 0 Å². The molecule has 0 N–H and O–H groups in total. The molecule has 74 valence electrons. The van der Waals surface area contributed by atoms with E-state index in [-0.39, 0.29) is 0 Å². The second-order valence-electron chi connectivity index (χ2n) is 4.20. The van der Waals surface area contributed by atoms with E-state index in [9.17, 15) is 4.79 Å². The first-order valence-electron chi connectivity index (χ1n) is 5.17. The smallest absolute Gasteiger partial charge is 0.222 e. The number of rotatable bonds is 2. The summed E-state index contributed by atoms with van der Waals surface area (Å²) in [5, 5.41) is 0. The highest BCUT2D eigenvalue weighted by Crippen LogP contribution is 2.33. The maximum atomic E-state index is 11.7. The first kappa shape index (κ1) is 9.50. The zero-order chi connectivity index (χ0) is 9.26. The number of amides is 1. The minimum atomic E-state index is 0.391. The summed E-state index contributed by atoms with van der Waals surface area (Å²) in [7, 11) is 0. The second-order valence-corrected chi connectivity index (χ2v) is 5.50. The number of hydrogen-bond acceptors (Lipinski definition) is 1.